The summed E-state index contributed by atoms with van der Waals surface area (Å²) in [6, 6.07) is 42.1. The molecule has 2 nitrogen and oxygen atoms in total. The first-order valence-corrected chi connectivity index (χ1v) is 11.9. The number of benzene rings is 5. The lowest BCUT2D eigenvalue weighted by molar-refractivity contribution is 0.125. The van der Waals surface area contributed by atoms with E-state index in [-0.39, 0.29) is 6.04 Å². The van der Waals surface area contributed by atoms with Crippen molar-refractivity contribution >= 4 is 10.8 Å². The Bertz CT molecular complexity index is 1430. The zero-order chi connectivity index (χ0) is 23.1. The summed E-state index contributed by atoms with van der Waals surface area (Å²) in [4.78, 5) is 0. The second-order valence-electron chi connectivity index (χ2n) is 9.19. The summed E-state index contributed by atoms with van der Waals surface area (Å²) >= 11 is 0. The second-order valence-corrected chi connectivity index (χ2v) is 9.19. The molecule has 5 aromatic rings. The Labute approximate surface area is 200 Å². The van der Waals surface area contributed by atoms with E-state index >= 15 is 0 Å². The highest BCUT2D eigenvalue weighted by Crippen LogP contribution is 2.51. The highest BCUT2D eigenvalue weighted by molar-refractivity contribution is 5.84. The smallest absolute Gasteiger partial charge is 0.0963 e. The molecule has 2 atom stereocenters. The third-order valence-corrected chi connectivity index (χ3v) is 7.19. The number of fused-ring (bicyclic) bond motifs is 4. The molecule has 1 aliphatic carbocycles. The minimum Gasteiger partial charge on any atom is -0.387 e. The molecule has 0 saturated carbocycles. The van der Waals surface area contributed by atoms with E-state index in [1.165, 1.54) is 33.2 Å². The minimum absolute atomic E-state index is 0.208. The molecule has 0 heterocycles. The number of aliphatic hydroxyl groups is 1. The fraction of sp³-hybridized carbons (Fsp3) is 0.125. The second kappa shape index (κ2) is 8.25. The summed E-state index contributed by atoms with van der Waals surface area (Å²) in [6.45, 7) is 2.08. The molecule has 166 valence electrons. The number of hydrogen-bond acceptors (Lipinski definition) is 2. The Morgan fingerprint density at radius 3 is 1.85 bits per heavy atom. The molecule has 0 bridgehead atoms. The molecule has 1 aliphatic rings. The van der Waals surface area contributed by atoms with Crippen LogP contribution in [0.25, 0.3) is 21.9 Å². The van der Waals surface area contributed by atoms with Crippen LogP contribution in [-0.4, -0.2) is 11.1 Å². The zero-order valence-corrected chi connectivity index (χ0v) is 19.1. The Morgan fingerprint density at radius 1 is 0.618 bits per heavy atom. The van der Waals surface area contributed by atoms with E-state index < -0.39 is 11.6 Å². The van der Waals surface area contributed by atoms with E-state index in [2.05, 4.69) is 115 Å². The van der Waals surface area contributed by atoms with E-state index in [9.17, 15) is 5.11 Å². The Morgan fingerprint density at radius 2 is 1.18 bits per heavy atom. The monoisotopic (exact) mass is 441 g/mol. The van der Waals surface area contributed by atoms with Crippen LogP contribution in [0.15, 0.2) is 121 Å². The number of hydrogen-bond donors (Lipinski definition) is 2. The predicted molar refractivity (Wildman–Crippen MR) is 140 cm³/mol. The van der Waals surface area contributed by atoms with Crippen LogP contribution < -0.4 is 5.32 Å². The van der Waals surface area contributed by atoms with Gasteiger partial charge in [-0.2, -0.15) is 0 Å². The zero-order valence-electron chi connectivity index (χ0n) is 19.1. The van der Waals surface area contributed by atoms with Gasteiger partial charge in [-0.3, -0.25) is 5.32 Å². The van der Waals surface area contributed by atoms with Gasteiger partial charge in [0.2, 0.25) is 0 Å². The van der Waals surface area contributed by atoms with Crippen molar-refractivity contribution in [2.75, 3.05) is 0 Å². The molecule has 0 amide bonds. The minimum atomic E-state index is -0.662. The Hall–Kier alpha value is -3.72. The lowest BCUT2D eigenvalue weighted by atomic mass is 9.79. The van der Waals surface area contributed by atoms with Crippen molar-refractivity contribution in [2.24, 2.45) is 0 Å². The van der Waals surface area contributed by atoms with Crippen LogP contribution in [0, 0.1) is 0 Å². The van der Waals surface area contributed by atoms with E-state index in [4.69, 9.17) is 0 Å². The quantitative estimate of drug-likeness (QED) is 0.313. The molecule has 2 N–H and O–H groups in total. The average molecular weight is 442 g/mol. The summed E-state index contributed by atoms with van der Waals surface area (Å²) in [6.07, 6.45) is -0.662. The molecule has 0 aromatic heterocycles. The van der Waals surface area contributed by atoms with Crippen LogP contribution >= 0.6 is 0 Å². The molecule has 5 aromatic carbocycles. The summed E-state index contributed by atoms with van der Waals surface area (Å²) in [7, 11) is 0. The number of nitrogens with one attached hydrogen (secondary N) is 1. The Balaban J connectivity index is 1.48. The van der Waals surface area contributed by atoms with Crippen LogP contribution in [0.5, 0.6) is 0 Å². The average Bonchev–Trinajstić information content (AvgIpc) is 3.19. The molecule has 0 fully saturated rings. The van der Waals surface area contributed by atoms with Gasteiger partial charge in [-0.25, -0.2) is 0 Å². The normalized spacial score (nSPS) is 15.5. The fourth-order valence-electron chi connectivity index (χ4n) is 5.57. The van der Waals surface area contributed by atoms with Crippen LogP contribution in [0.1, 0.15) is 35.3 Å². The third kappa shape index (κ3) is 3.19. The summed E-state index contributed by atoms with van der Waals surface area (Å²) < 4.78 is 0. The standard InChI is InChI=1S/C32H27NO/c1-22(31(34)25-20-19-23-11-5-6-12-24(23)21-25)33-32(26-13-3-2-4-14-26)29-17-9-7-15-27(29)28-16-8-10-18-30(28)32/h2-22,31,33-34H,1H3/t22-,31+/m0/s1. The van der Waals surface area contributed by atoms with Crippen molar-refractivity contribution in [3.8, 4) is 11.1 Å². The van der Waals surface area contributed by atoms with Gasteiger partial charge in [0.05, 0.1) is 11.6 Å². The first-order valence-electron chi connectivity index (χ1n) is 11.9. The first kappa shape index (κ1) is 20.9. The third-order valence-electron chi connectivity index (χ3n) is 7.19. The highest BCUT2D eigenvalue weighted by atomic mass is 16.3. The van der Waals surface area contributed by atoms with Gasteiger partial charge in [-0.1, -0.05) is 115 Å². The molecule has 34 heavy (non-hydrogen) atoms. The number of rotatable bonds is 5. The van der Waals surface area contributed by atoms with Gasteiger partial charge < -0.3 is 5.11 Å². The van der Waals surface area contributed by atoms with Crippen molar-refractivity contribution in [2.45, 2.75) is 24.6 Å². The number of aliphatic hydroxyl groups excluding tert-OH is 1. The molecule has 0 unspecified atom stereocenters. The van der Waals surface area contributed by atoms with E-state index in [1.54, 1.807) is 0 Å². The van der Waals surface area contributed by atoms with Gasteiger partial charge in [-0.05, 0) is 57.1 Å². The molecular weight excluding hydrogens is 414 g/mol. The molecular formula is C32H27NO. The van der Waals surface area contributed by atoms with Gasteiger partial charge in [0.1, 0.15) is 0 Å². The van der Waals surface area contributed by atoms with Gasteiger partial charge >= 0.3 is 0 Å². The molecule has 6 rings (SSSR count). The molecule has 0 aliphatic heterocycles. The van der Waals surface area contributed by atoms with Crippen molar-refractivity contribution in [1.82, 2.24) is 5.32 Å². The highest BCUT2D eigenvalue weighted by Gasteiger charge is 2.45. The largest absolute Gasteiger partial charge is 0.387 e. The molecule has 0 saturated heterocycles. The van der Waals surface area contributed by atoms with E-state index in [0.717, 1.165) is 10.9 Å². The van der Waals surface area contributed by atoms with E-state index in [0.29, 0.717) is 0 Å². The van der Waals surface area contributed by atoms with Gasteiger partial charge in [0, 0.05) is 6.04 Å². The SMILES string of the molecule is C[C@H](NC1(c2ccccc2)c2ccccc2-c2ccccc21)[C@@H](O)c1ccc2ccccc2c1. The maximum absolute atomic E-state index is 11.5. The maximum atomic E-state index is 11.5. The molecule has 0 radical (unpaired) electrons. The predicted octanol–water partition coefficient (Wildman–Crippen LogP) is 6.82. The summed E-state index contributed by atoms with van der Waals surface area (Å²) in [5, 5.41) is 17.7. The van der Waals surface area contributed by atoms with Crippen molar-refractivity contribution in [3.63, 3.8) is 0 Å². The summed E-state index contributed by atoms with van der Waals surface area (Å²) in [5.74, 6) is 0. The van der Waals surface area contributed by atoms with Crippen LogP contribution in [-0.2, 0) is 5.54 Å². The van der Waals surface area contributed by atoms with Gasteiger partial charge in [-0.15, -0.1) is 0 Å². The Kier molecular flexibility index (Phi) is 5.06. The van der Waals surface area contributed by atoms with Crippen LogP contribution in [0.3, 0.4) is 0 Å². The van der Waals surface area contributed by atoms with Crippen molar-refractivity contribution < 1.29 is 5.11 Å². The lowest BCUT2D eigenvalue weighted by Crippen LogP contribution is -2.49. The van der Waals surface area contributed by atoms with Crippen LogP contribution in [0.2, 0.25) is 0 Å². The van der Waals surface area contributed by atoms with E-state index in [1.807, 2.05) is 18.2 Å². The fourth-order valence-corrected chi connectivity index (χ4v) is 5.57. The first-order chi connectivity index (χ1) is 16.7. The topological polar surface area (TPSA) is 32.3 Å². The lowest BCUT2D eigenvalue weighted by Gasteiger charge is -2.38. The van der Waals surface area contributed by atoms with Crippen molar-refractivity contribution in [1.29, 1.82) is 0 Å². The molecule has 0 spiro atoms. The summed E-state index contributed by atoms with van der Waals surface area (Å²) in [5.41, 5.74) is 6.46. The van der Waals surface area contributed by atoms with Gasteiger partial charge in [0.25, 0.3) is 0 Å². The van der Waals surface area contributed by atoms with Crippen molar-refractivity contribution in [3.05, 3.63) is 144 Å². The van der Waals surface area contributed by atoms with Crippen LogP contribution in [0.4, 0.5) is 0 Å². The molecule has 2 heteroatoms. The maximum Gasteiger partial charge on any atom is 0.0963 e. The van der Waals surface area contributed by atoms with Gasteiger partial charge in [0.15, 0.2) is 0 Å².